The van der Waals surface area contributed by atoms with E-state index in [1.165, 1.54) is 11.3 Å². The molecule has 1 aliphatic rings. The van der Waals surface area contributed by atoms with Crippen LogP contribution in [0.2, 0.25) is 0 Å². The number of aryl methyl sites for hydroxylation is 1. The van der Waals surface area contributed by atoms with E-state index in [4.69, 9.17) is 4.74 Å². The number of carbonyl (C=O) groups excluding carboxylic acids is 1. The summed E-state index contributed by atoms with van der Waals surface area (Å²) in [6.45, 7) is 6.39. The van der Waals surface area contributed by atoms with Crippen LogP contribution in [0.5, 0.6) is 5.75 Å². The number of methoxy groups -OCH3 is 1. The van der Waals surface area contributed by atoms with E-state index in [1.807, 2.05) is 41.5 Å². The highest BCUT2D eigenvalue weighted by atomic mass is 32.1. The molecule has 0 spiro atoms. The Balaban J connectivity index is 1.70. The molecule has 5 nitrogen and oxygen atoms in total. The van der Waals surface area contributed by atoms with Crippen molar-refractivity contribution in [1.82, 2.24) is 9.88 Å². The SMILES string of the molecule is COc1csc(C(=O)N2CCN(c3cccc(C)n3)C[C@H]2C)c1. The van der Waals surface area contributed by atoms with Crippen LogP contribution >= 0.6 is 11.3 Å². The standard InChI is InChI=1S/C17H21N3O2S/c1-12-5-4-6-16(18-12)19-7-8-20(13(2)10-19)17(21)15-9-14(22-3)11-23-15/h4-6,9,11,13H,7-8,10H2,1-3H3/t13-/m1/s1. The first-order valence-corrected chi connectivity index (χ1v) is 8.58. The molecule has 1 aliphatic heterocycles. The number of rotatable bonds is 3. The average molecular weight is 331 g/mol. The molecule has 1 atom stereocenters. The van der Waals surface area contributed by atoms with Crippen molar-refractivity contribution in [2.75, 3.05) is 31.6 Å². The molecule has 3 rings (SSSR count). The third kappa shape index (κ3) is 3.32. The van der Waals surface area contributed by atoms with Crippen LogP contribution in [-0.2, 0) is 0 Å². The summed E-state index contributed by atoms with van der Waals surface area (Å²) < 4.78 is 5.17. The van der Waals surface area contributed by atoms with E-state index >= 15 is 0 Å². The lowest BCUT2D eigenvalue weighted by Crippen LogP contribution is -2.54. The van der Waals surface area contributed by atoms with E-state index in [0.29, 0.717) is 6.54 Å². The average Bonchev–Trinajstić information content (AvgIpc) is 3.03. The summed E-state index contributed by atoms with van der Waals surface area (Å²) in [6.07, 6.45) is 0. The Labute approximate surface area is 140 Å². The van der Waals surface area contributed by atoms with Gasteiger partial charge in [-0.25, -0.2) is 4.98 Å². The van der Waals surface area contributed by atoms with Gasteiger partial charge in [0.05, 0.1) is 12.0 Å². The lowest BCUT2D eigenvalue weighted by atomic mass is 10.1. The Morgan fingerprint density at radius 1 is 1.39 bits per heavy atom. The fourth-order valence-electron chi connectivity index (χ4n) is 2.85. The number of carbonyl (C=O) groups is 1. The Morgan fingerprint density at radius 2 is 2.22 bits per heavy atom. The Hall–Kier alpha value is -2.08. The third-order valence-electron chi connectivity index (χ3n) is 4.11. The van der Waals surface area contributed by atoms with E-state index in [-0.39, 0.29) is 11.9 Å². The lowest BCUT2D eigenvalue weighted by molar-refractivity contribution is 0.0678. The molecule has 1 amide bonds. The van der Waals surface area contributed by atoms with Crippen LogP contribution in [0, 0.1) is 6.92 Å². The molecule has 1 fully saturated rings. The maximum atomic E-state index is 12.7. The van der Waals surface area contributed by atoms with Gasteiger partial charge in [-0.15, -0.1) is 11.3 Å². The van der Waals surface area contributed by atoms with Gasteiger partial charge in [0.25, 0.3) is 5.91 Å². The Bertz CT molecular complexity index is 701. The number of thiophene rings is 1. The summed E-state index contributed by atoms with van der Waals surface area (Å²) in [6, 6.07) is 8.01. The number of amides is 1. The molecule has 0 saturated carbocycles. The van der Waals surface area contributed by atoms with Gasteiger partial charge in [-0.3, -0.25) is 4.79 Å². The van der Waals surface area contributed by atoms with Crippen molar-refractivity contribution in [3.8, 4) is 5.75 Å². The molecular weight excluding hydrogens is 310 g/mol. The highest BCUT2D eigenvalue weighted by molar-refractivity contribution is 7.12. The summed E-state index contributed by atoms with van der Waals surface area (Å²) in [7, 11) is 1.62. The van der Waals surface area contributed by atoms with Gasteiger partial charge in [0.1, 0.15) is 11.6 Å². The Kier molecular flexibility index (Phi) is 4.52. The molecule has 0 unspecified atom stereocenters. The van der Waals surface area contributed by atoms with Gasteiger partial charge in [-0.2, -0.15) is 0 Å². The molecule has 0 bridgehead atoms. The predicted octanol–water partition coefficient (Wildman–Crippen LogP) is 2.81. The highest BCUT2D eigenvalue weighted by Gasteiger charge is 2.29. The van der Waals surface area contributed by atoms with Crippen LogP contribution in [0.25, 0.3) is 0 Å². The summed E-state index contributed by atoms with van der Waals surface area (Å²) in [5, 5.41) is 1.87. The minimum Gasteiger partial charge on any atom is -0.496 e. The molecular formula is C17H21N3O2S. The second-order valence-corrected chi connectivity index (χ2v) is 6.69. The van der Waals surface area contributed by atoms with Crippen LogP contribution in [-0.4, -0.2) is 48.6 Å². The van der Waals surface area contributed by atoms with E-state index in [1.54, 1.807) is 7.11 Å². The van der Waals surface area contributed by atoms with E-state index in [9.17, 15) is 4.79 Å². The number of piperazine rings is 1. The predicted molar refractivity (Wildman–Crippen MR) is 92.6 cm³/mol. The zero-order chi connectivity index (χ0) is 16.4. The summed E-state index contributed by atoms with van der Waals surface area (Å²) >= 11 is 1.43. The molecule has 0 aromatic carbocycles. The van der Waals surface area contributed by atoms with Gasteiger partial charge in [-0.05, 0) is 26.0 Å². The van der Waals surface area contributed by atoms with Gasteiger partial charge < -0.3 is 14.5 Å². The first kappa shape index (κ1) is 15.8. The Morgan fingerprint density at radius 3 is 2.87 bits per heavy atom. The first-order chi connectivity index (χ1) is 11.1. The first-order valence-electron chi connectivity index (χ1n) is 7.70. The third-order valence-corrected chi connectivity index (χ3v) is 5.00. The van der Waals surface area contributed by atoms with Crippen molar-refractivity contribution in [3.63, 3.8) is 0 Å². The molecule has 6 heteroatoms. The molecule has 3 heterocycles. The van der Waals surface area contributed by atoms with Crippen LogP contribution in [0.1, 0.15) is 22.3 Å². The van der Waals surface area contributed by atoms with Crippen molar-refractivity contribution >= 4 is 23.1 Å². The summed E-state index contributed by atoms with van der Waals surface area (Å²) in [5.74, 6) is 1.82. The summed E-state index contributed by atoms with van der Waals surface area (Å²) in [5.41, 5.74) is 1.01. The monoisotopic (exact) mass is 331 g/mol. The van der Waals surface area contributed by atoms with Crippen molar-refractivity contribution in [2.45, 2.75) is 19.9 Å². The van der Waals surface area contributed by atoms with Gasteiger partial charge in [0.2, 0.25) is 0 Å². The van der Waals surface area contributed by atoms with Gasteiger partial charge in [0, 0.05) is 42.8 Å². The van der Waals surface area contributed by atoms with Gasteiger partial charge >= 0.3 is 0 Å². The normalized spacial score (nSPS) is 18.1. The van der Waals surface area contributed by atoms with Crippen molar-refractivity contribution in [3.05, 3.63) is 40.2 Å². The maximum Gasteiger partial charge on any atom is 0.264 e. The molecule has 0 N–H and O–H groups in total. The summed E-state index contributed by atoms with van der Waals surface area (Å²) in [4.78, 5) is 22.2. The van der Waals surface area contributed by atoms with Gasteiger partial charge in [-0.1, -0.05) is 6.07 Å². The van der Waals surface area contributed by atoms with Gasteiger partial charge in [0.15, 0.2) is 0 Å². The fourth-order valence-corrected chi connectivity index (χ4v) is 3.66. The maximum absolute atomic E-state index is 12.7. The van der Waals surface area contributed by atoms with Crippen LogP contribution < -0.4 is 9.64 Å². The largest absolute Gasteiger partial charge is 0.496 e. The lowest BCUT2D eigenvalue weighted by Gasteiger charge is -2.40. The number of aromatic nitrogens is 1. The van der Waals surface area contributed by atoms with Crippen LogP contribution in [0.15, 0.2) is 29.6 Å². The number of hydrogen-bond donors (Lipinski definition) is 0. The number of pyridine rings is 1. The number of hydrogen-bond acceptors (Lipinski definition) is 5. The zero-order valence-corrected chi connectivity index (χ0v) is 14.5. The number of ether oxygens (including phenoxy) is 1. The van der Waals surface area contributed by atoms with E-state index < -0.39 is 0 Å². The van der Waals surface area contributed by atoms with E-state index in [2.05, 4.69) is 16.8 Å². The fraction of sp³-hybridized carbons (Fsp3) is 0.412. The molecule has 2 aromatic heterocycles. The number of anilines is 1. The molecule has 0 radical (unpaired) electrons. The second kappa shape index (κ2) is 6.58. The number of nitrogens with zero attached hydrogens (tertiary/aromatic N) is 3. The van der Waals surface area contributed by atoms with E-state index in [0.717, 1.165) is 35.2 Å². The molecule has 122 valence electrons. The van der Waals surface area contributed by atoms with Crippen molar-refractivity contribution in [1.29, 1.82) is 0 Å². The minimum absolute atomic E-state index is 0.0858. The molecule has 23 heavy (non-hydrogen) atoms. The second-order valence-electron chi connectivity index (χ2n) is 5.78. The smallest absolute Gasteiger partial charge is 0.264 e. The van der Waals surface area contributed by atoms with Crippen LogP contribution in [0.4, 0.5) is 5.82 Å². The quantitative estimate of drug-likeness (QED) is 0.868. The molecule has 1 saturated heterocycles. The van der Waals surface area contributed by atoms with Crippen LogP contribution in [0.3, 0.4) is 0 Å². The zero-order valence-electron chi connectivity index (χ0n) is 13.7. The highest BCUT2D eigenvalue weighted by Crippen LogP contribution is 2.25. The molecule has 2 aromatic rings. The van der Waals surface area contributed by atoms with Crippen molar-refractivity contribution in [2.24, 2.45) is 0 Å². The minimum atomic E-state index is 0.0858. The topological polar surface area (TPSA) is 45.7 Å². The molecule has 0 aliphatic carbocycles. The van der Waals surface area contributed by atoms with Crippen molar-refractivity contribution < 1.29 is 9.53 Å².